The Labute approximate surface area is 118 Å². The van der Waals surface area contributed by atoms with Crippen molar-refractivity contribution >= 4 is 10.0 Å². The molecular weight excluding hydrogens is 306 g/mol. The predicted octanol–water partition coefficient (Wildman–Crippen LogP) is -0.0239. The van der Waals surface area contributed by atoms with Gasteiger partial charge in [-0.05, 0) is 24.6 Å². The summed E-state index contributed by atoms with van der Waals surface area (Å²) in [5, 5.41) is 12.7. The Bertz CT molecular complexity index is 734. The van der Waals surface area contributed by atoms with Crippen LogP contribution in [0.4, 0.5) is 8.78 Å². The minimum absolute atomic E-state index is 0.0643. The molecule has 1 unspecified atom stereocenters. The van der Waals surface area contributed by atoms with E-state index in [-0.39, 0.29) is 17.9 Å². The van der Waals surface area contributed by atoms with Crippen molar-refractivity contribution in [2.75, 3.05) is 0 Å². The molecule has 4 N–H and O–H groups in total. The fourth-order valence-electron chi connectivity index (χ4n) is 1.63. The Hall–Kier alpha value is -1.98. The van der Waals surface area contributed by atoms with E-state index in [1.807, 2.05) is 0 Å². The third-order valence-corrected chi connectivity index (χ3v) is 4.20. The average Bonchev–Trinajstić information content (AvgIpc) is 2.95. The number of aromatic amines is 1. The number of hydrogen-bond acceptors (Lipinski definition) is 6. The van der Waals surface area contributed by atoms with Crippen LogP contribution in [-0.2, 0) is 16.6 Å². The highest BCUT2D eigenvalue weighted by Crippen LogP contribution is 2.21. The fourth-order valence-corrected chi connectivity index (χ4v) is 2.97. The smallest absolute Gasteiger partial charge is 0.244 e. The average molecular weight is 318 g/mol. The van der Waals surface area contributed by atoms with Crippen molar-refractivity contribution in [3.05, 3.63) is 35.2 Å². The lowest BCUT2D eigenvalue weighted by atomic mass is 10.2. The van der Waals surface area contributed by atoms with Gasteiger partial charge in [-0.2, -0.15) is 5.21 Å². The van der Waals surface area contributed by atoms with Gasteiger partial charge >= 0.3 is 0 Å². The van der Waals surface area contributed by atoms with Gasteiger partial charge in [0.25, 0.3) is 0 Å². The van der Waals surface area contributed by atoms with Gasteiger partial charge in [0.15, 0.2) is 17.5 Å². The van der Waals surface area contributed by atoms with E-state index < -0.39 is 32.6 Å². The zero-order valence-corrected chi connectivity index (χ0v) is 11.7. The van der Waals surface area contributed by atoms with Crippen molar-refractivity contribution in [1.29, 1.82) is 0 Å². The Morgan fingerprint density at radius 3 is 2.71 bits per heavy atom. The summed E-state index contributed by atoms with van der Waals surface area (Å²) in [4.78, 5) is -0.821. The summed E-state index contributed by atoms with van der Waals surface area (Å²) < 4.78 is 53.5. The normalized spacial score (nSPS) is 13.3. The molecule has 0 saturated carbocycles. The van der Waals surface area contributed by atoms with Gasteiger partial charge in [-0.1, -0.05) is 5.21 Å². The van der Waals surface area contributed by atoms with Crippen LogP contribution in [0.1, 0.15) is 24.4 Å². The molecule has 0 fully saturated rings. The van der Waals surface area contributed by atoms with Gasteiger partial charge in [0.1, 0.15) is 4.90 Å². The number of hydrogen-bond donors (Lipinski definition) is 3. The van der Waals surface area contributed by atoms with Crippen LogP contribution < -0.4 is 10.5 Å². The number of halogens is 2. The molecule has 8 nitrogen and oxygen atoms in total. The molecule has 0 aliphatic rings. The Balaban J connectivity index is 2.38. The molecule has 114 valence electrons. The molecule has 2 rings (SSSR count). The van der Waals surface area contributed by atoms with Crippen molar-refractivity contribution in [3.63, 3.8) is 0 Å². The summed E-state index contributed by atoms with van der Waals surface area (Å²) in [5.41, 5.74) is 5.48. The van der Waals surface area contributed by atoms with Crippen LogP contribution in [0.15, 0.2) is 17.0 Å². The van der Waals surface area contributed by atoms with Gasteiger partial charge in [0.05, 0.1) is 6.04 Å². The monoisotopic (exact) mass is 318 g/mol. The number of rotatable bonds is 5. The third-order valence-electron chi connectivity index (χ3n) is 2.66. The summed E-state index contributed by atoms with van der Waals surface area (Å²) >= 11 is 0. The molecule has 11 heteroatoms. The second kappa shape index (κ2) is 5.79. The van der Waals surface area contributed by atoms with E-state index in [9.17, 15) is 17.2 Å². The number of nitrogens with one attached hydrogen (secondary N) is 2. The summed E-state index contributed by atoms with van der Waals surface area (Å²) in [7, 11) is -4.31. The summed E-state index contributed by atoms with van der Waals surface area (Å²) in [6, 6.07) is 0.943. The maximum absolute atomic E-state index is 13.7. The van der Waals surface area contributed by atoms with Crippen molar-refractivity contribution in [2.45, 2.75) is 24.4 Å². The van der Waals surface area contributed by atoms with Gasteiger partial charge in [0, 0.05) is 6.54 Å². The molecule has 1 aromatic carbocycles. The first-order chi connectivity index (χ1) is 9.85. The highest BCUT2D eigenvalue weighted by molar-refractivity contribution is 7.89. The second-order valence-corrected chi connectivity index (χ2v) is 5.89. The number of sulfonamides is 1. The zero-order chi connectivity index (χ0) is 15.6. The minimum atomic E-state index is -4.31. The molecule has 0 radical (unpaired) electrons. The van der Waals surface area contributed by atoms with Crippen LogP contribution in [0, 0.1) is 11.6 Å². The third kappa shape index (κ3) is 3.20. The largest absolute Gasteiger partial charge is 0.326 e. The molecular formula is C10H12F2N6O2S. The Kier molecular flexibility index (Phi) is 4.25. The topological polar surface area (TPSA) is 127 Å². The predicted molar refractivity (Wildman–Crippen MR) is 67.2 cm³/mol. The van der Waals surface area contributed by atoms with Gasteiger partial charge < -0.3 is 5.73 Å². The highest BCUT2D eigenvalue weighted by Gasteiger charge is 2.26. The highest BCUT2D eigenvalue weighted by atomic mass is 32.2. The fraction of sp³-hybridized carbons (Fsp3) is 0.300. The molecule has 0 aliphatic heterocycles. The number of nitrogens with two attached hydrogens (primary N) is 1. The SMILES string of the molecule is CC(NS(=O)(=O)c1cc(CN)cc(F)c1F)c1nn[nH]n1. The van der Waals surface area contributed by atoms with Crippen LogP contribution >= 0.6 is 0 Å². The second-order valence-electron chi connectivity index (χ2n) is 4.21. The van der Waals surface area contributed by atoms with E-state index in [2.05, 4.69) is 25.3 Å². The van der Waals surface area contributed by atoms with Gasteiger partial charge in [-0.15, -0.1) is 10.2 Å². The van der Waals surface area contributed by atoms with Crippen molar-refractivity contribution < 1.29 is 17.2 Å². The van der Waals surface area contributed by atoms with Crippen LogP contribution in [-0.4, -0.2) is 29.0 Å². The van der Waals surface area contributed by atoms with E-state index in [4.69, 9.17) is 5.73 Å². The van der Waals surface area contributed by atoms with Crippen molar-refractivity contribution in [2.24, 2.45) is 5.73 Å². The summed E-state index contributed by atoms with van der Waals surface area (Å²) in [5.74, 6) is -2.69. The summed E-state index contributed by atoms with van der Waals surface area (Å²) in [6.07, 6.45) is 0. The molecule has 0 amide bonds. The van der Waals surface area contributed by atoms with E-state index in [1.165, 1.54) is 6.92 Å². The molecule has 1 aromatic heterocycles. The molecule has 2 aromatic rings. The van der Waals surface area contributed by atoms with Crippen molar-refractivity contribution in [1.82, 2.24) is 25.3 Å². The van der Waals surface area contributed by atoms with Gasteiger partial charge in [-0.3, -0.25) is 0 Å². The number of tetrazole rings is 1. The number of H-pyrrole nitrogens is 1. The number of nitrogens with zero attached hydrogens (tertiary/aromatic N) is 3. The molecule has 1 atom stereocenters. The first-order valence-electron chi connectivity index (χ1n) is 5.79. The first kappa shape index (κ1) is 15.4. The lowest BCUT2D eigenvalue weighted by molar-refractivity contribution is 0.479. The maximum atomic E-state index is 13.7. The number of benzene rings is 1. The van der Waals surface area contributed by atoms with Crippen molar-refractivity contribution in [3.8, 4) is 0 Å². The molecule has 0 saturated heterocycles. The van der Waals surface area contributed by atoms with Gasteiger partial charge in [0.2, 0.25) is 10.0 Å². The lowest BCUT2D eigenvalue weighted by Crippen LogP contribution is -2.29. The molecule has 21 heavy (non-hydrogen) atoms. The van der Waals surface area contributed by atoms with Crippen LogP contribution in [0.25, 0.3) is 0 Å². The Morgan fingerprint density at radius 1 is 1.43 bits per heavy atom. The first-order valence-corrected chi connectivity index (χ1v) is 7.27. The quantitative estimate of drug-likeness (QED) is 0.711. The van der Waals surface area contributed by atoms with Crippen LogP contribution in [0.5, 0.6) is 0 Å². The lowest BCUT2D eigenvalue weighted by Gasteiger charge is -2.12. The van der Waals surface area contributed by atoms with Gasteiger partial charge in [-0.25, -0.2) is 21.9 Å². The summed E-state index contributed by atoms with van der Waals surface area (Å²) in [6.45, 7) is 1.31. The molecule has 0 spiro atoms. The molecule has 0 bridgehead atoms. The maximum Gasteiger partial charge on any atom is 0.244 e. The molecule has 0 aliphatic carbocycles. The zero-order valence-electron chi connectivity index (χ0n) is 10.8. The standard InChI is InChI=1S/C10H12F2N6O2S/c1-5(10-14-17-18-15-10)16-21(19,20)8-3-6(4-13)2-7(11)9(8)12/h2-3,5,16H,4,13H2,1H3,(H,14,15,17,18). The van der Waals surface area contributed by atoms with E-state index in [0.717, 1.165) is 12.1 Å². The van der Waals surface area contributed by atoms with Crippen LogP contribution in [0.3, 0.4) is 0 Å². The minimum Gasteiger partial charge on any atom is -0.326 e. The molecule has 1 heterocycles. The van der Waals surface area contributed by atoms with Crippen LogP contribution in [0.2, 0.25) is 0 Å². The number of aromatic nitrogens is 4. The van der Waals surface area contributed by atoms with E-state index >= 15 is 0 Å². The van der Waals surface area contributed by atoms with E-state index in [0.29, 0.717) is 0 Å². The Morgan fingerprint density at radius 2 is 2.14 bits per heavy atom. The van der Waals surface area contributed by atoms with E-state index in [1.54, 1.807) is 0 Å².